The number of carbonyl (C=O) groups excluding carboxylic acids is 2. The van der Waals surface area contributed by atoms with Gasteiger partial charge < -0.3 is 24.3 Å². The fourth-order valence-corrected chi connectivity index (χ4v) is 3.87. The van der Waals surface area contributed by atoms with Gasteiger partial charge in [-0.3, -0.25) is 10.1 Å². The normalized spacial score (nSPS) is 15.5. The summed E-state index contributed by atoms with van der Waals surface area (Å²) in [7, 11) is 0. The summed E-state index contributed by atoms with van der Waals surface area (Å²) in [4.78, 5) is 37.5. The highest BCUT2D eigenvalue weighted by atomic mass is 16.6. The number of nitro groups is 1. The smallest absolute Gasteiger partial charge is 0.336 e. The zero-order chi connectivity index (χ0) is 26.5. The molecule has 36 heavy (non-hydrogen) atoms. The highest BCUT2D eigenvalue weighted by Gasteiger charge is 2.39. The molecule has 0 amide bonds. The molecule has 2 rings (SSSR count). The first kappa shape index (κ1) is 29.0. The van der Waals surface area contributed by atoms with Crippen molar-refractivity contribution in [2.45, 2.75) is 52.9 Å². The monoisotopic (exact) mass is 504 g/mol. The van der Waals surface area contributed by atoms with E-state index < -0.39 is 22.8 Å². The second-order valence-electron chi connectivity index (χ2n) is 8.19. The van der Waals surface area contributed by atoms with Crippen LogP contribution in [0.5, 0.6) is 0 Å². The first-order valence-corrected chi connectivity index (χ1v) is 12.3. The number of rotatable bonds is 15. The Hall–Kier alpha value is -3.24. The Morgan fingerprint density at radius 3 is 2.03 bits per heavy atom. The lowest BCUT2D eigenvalue weighted by atomic mass is 9.79. The molecular formula is C26H36N2O8. The van der Waals surface area contributed by atoms with Gasteiger partial charge in [-0.05, 0) is 31.7 Å². The molecule has 1 atom stereocenters. The van der Waals surface area contributed by atoms with Gasteiger partial charge in [-0.1, -0.05) is 32.9 Å². The van der Waals surface area contributed by atoms with Crippen LogP contribution in [0.2, 0.25) is 0 Å². The molecule has 1 heterocycles. The molecule has 0 radical (unpaired) electrons. The number of nitro benzene ring substituents is 1. The van der Waals surface area contributed by atoms with Gasteiger partial charge in [0.2, 0.25) is 0 Å². The van der Waals surface area contributed by atoms with Gasteiger partial charge in [0.15, 0.2) is 0 Å². The van der Waals surface area contributed by atoms with Gasteiger partial charge in [-0.25, -0.2) is 9.59 Å². The van der Waals surface area contributed by atoms with Crippen LogP contribution in [0.15, 0.2) is 46.8 Å². The summed E-state index contributed by atoms with van der Waals surface area (Å²) < 4.78 is 21.7. The largest absolute Gasteiger partial charge is 0.460 e. The van der Waals surface area contributed by atoms with Gasteiger partial charge in [-0.15, -0.1) is 0 Å². The lowest BCUT2D eigenvalue weighted by molar-refractivity contribution is -0.384. The lowest BCUT2D eigenvalue weighted by Crippen LogP contribution is -2.33. The van der Waals surface area contributed by atoms with Crippen LogP contribution < -0.4 is 5.32 Å². The van der Waals surface area contributed by atoms with E-state index in [0.29, 0.717) is 36.6 Å². The summed E-state index contributed by atoms with van der Waals surface area (Å²) >= 11 is 0. The van der Waals surface area contributed by atoms with E-state index in [-0.39, 0.29) is 43.3 Å². The molecule has 1 aromatic rings. The second-order valence-corrected chi connectivity index (χ2v) is 8.19. The maximum atomic E-state index is 13.3. The Labute approximate surface area is 211 Å². The van der Waals surface area contributed by atoms with Crippen molar-refractivity contribution in [2.75, 3.05) is 39.6 Å². The van der Waals surface area contributed by atoms with E-state index in [0.717, 1.165) is 12.8 Å². The van der Waals surface area contributed by atoms with Crippen LogP contribution >= 0.6 is 0 Å². The molecule has 0 bridgehead atoms. The van der Waals surface area contributed by atoms with Gasteiger partial charge in [0.25, 0.3) is 5.69 Å². The molecule has 0 spiro atoms. The van der Waals surface area contributed by atoms with E-state index in [1.165, 1.54) is 18.2 Å². The van der Waals surface area contributed by atoms with Crippen LogP contribution in [0.3, 0.4) is 0 Å². The molecule has 1 N–H and O–H groups in total. The predicted octanol–water partition coefficient (Wildman–Crippen LogP) is 4.16. The van der Waals surface area contributed by atoms with Gasteiger partial charge >= 0.3 is 11.9 Å². The summed E-state index contributed by atoms with van der Waals surface area (Å²) in [6.07, 6.45) is 2.14. The third-order valence-corrected chi connectivity index (χ3v) is 5.47. The summed E-state index contributed by atoms with van der Waals surface area (Å²) in [6.45, 7) is 9.20. The number of benzene rings is 1. The maximum absolute atomic E-state index is 13.3. The molecule has 198 valence electrons. The fourth-order valence-electron chi connectivity index (χ4n) is 3.87. The van der Waals surface area contributed by atoms with Crippen molar-refractivity contribution in [3.05, 3.63) is 62.5 Å². The van der Waals surface area contributed by atoms with Crippen LogP contribution in [0.25, 0.3) is 0 Å². The number of hydrogen-bond donors (Lipinski definition) is 1. The SMILES string of the molecule is CCCOCCOC(=O)C1=C(C)NC(CC)=C(C(=O)OCCOCCC)C1c1cccc([N+](=O)[O-])c1. The molecule has 0 fully saturated rings. The van der Waals surface area contributed by atoms with Crippen molar-refractivity contribution in [3.8, 4) is 0 Å². The minimum Gasteiger partial charge on any atom is -0.460 e. The molecule has 1 aromatic carbocycles. The van der Waals surface area contributed by atoms with E-state index in [2.05, 4.69) is 5.32 Å². The average Bonchev–Trinajstić information content (AvgIpc) is 2.87. The third-order valence-electron chi connectivity index (χ3n) is 5.47. The molecule has 1 aliphatic heterocycles. The first-order chi connectivity index (χ1) is 17.3. The van der Waals surface area contributed by atoms with E-state index in [1.54, 1.807) is 13.0 Å². The van der Waals surface area contributed by atoms with Crippen LogP contribution in [-0.2, 0) is 28.5 Å². The van der Waals surface area contributed by atoms with Crippen LogP contribution in [-0.4, -0.2) is 56.5 Å². The Kier molecular flexibility index (Phi) is 12.1. The number of ether oxygens (including phenoxy) is 4. The van der Waals surface area contributed by atoms with E-state index in [1.807, 2.05) is 20.8 Å². The third kappa shape index (κ3) is 7.89. The highest BCUT2D eigenvalue weighted by molar-refractivity contribution is 6.00. The molecule has 0 saturated carbocycles. The van der Waals surface area contributed by atoms with Crippen molar-refractivity contribution < 1.29 is 33.5 Å². The maximum Gasteiger partial charge on any atom is 0.336 e. The molecule has 1 unspecified atom stereocenters. The number of allylic oxidation sites excluding steroid dienone is 2. The lowest BCUT2D eigenvalue weighted by Gasteiger charge is -2.31. The Balaban J connectivity index is 2.43. The Bertz CT molecular complexity index is 986. The summed E-state index contributed by atoms with van der Waals surface area (Å²) in [5.41, 5.74) is 1.75. The van der Waals surface area contributed by atoms with E-state index in [4.69, 9.17) is 18.9 Å². The molecule has 10 nitrogen and oxygen atoms in total. The van der Waals surface area contributed by atoms with Crippen LogP contribution in [0, 0.1) is 10.1 Å². The minimum atomic E-state index is -0.908. The Morgan fingerprint density at radius 1 is 0.917 bits per heavy atom. The minimum absolute atomic E-state index is 0.0379. The number of nitrogens with one attached hydrogen (secondary N) is 1. The molecule has 0 saturated heterocycles. The van der Waals surface area contributed by atoms with Crippen LogP contribution in [0.4, 0.5) is 5.69 Å². The number of hydrogen-bond acceptors (Lipinski definition) is 9. The summed E-state index contributed by atoms with van der Waals surface area (Å²) in [5, 5.41) is 14.6. The number of carbonyl (C=O) groups is 2. The van der Waals surface area contributed by atoms with E-state index in [9.17, 15) is 19.7 Å². The quantitative estimate of drug-likeness (QED) is 0.162. The molecule has 0 aliphatic carbocycles. The predicted molar refractivity (Wildman–Crippen MR) is 133 cm³/mol. The molecule has 1 aliphatic rings. The van der Waals surface area contributed by atoms with Crippen molar-refractivity contribution in [2.24, 2.45) is 0 Å². The van der Waals surface area contributed by atoms with Gasteiger partial charge in [0.05, 0.1) is 35.2 Å². The van der Waals surface area contributed by atoms with Crippen molar-refractivity contribution in [1.29, 1.82) is 0 Å². The first-order valence-electron chi connectivity index (χ1n) is 12.3. The number of dihydropyridines is 1. The van der Waals surface area contributed by atoms with Crippen LogP contribution in [0.1, 0.15) is 58.4 Å². The number of non-ortho nitro benzene ring substituents is 1. The zero-order valence-corrected chi connectivity index (χ0v) is 21.5. The van der Waals surface area contributed by atoms with Crippen molar-refractivity contribution >= 4 is 17.6 Å². The summed E-state index contributed by atoms with van der Waals surface area (Å²) in [6, 6.07) is 5.90. The number of nitrogens with zero attached hydrogens (tertiary/aromatic N) is 1. The second kappa shape index (κ2) is 15.0. The standard InChI is InChI=1S/C26H36N2O8/c1-5-11-33-13-15-35-25(29)22-18(4)27-21(7-3)24(26(30)36-16-14-34-12-6-2)23(22)19-9-8-10-20(17-19)28(31)32/h8-10,17,23,27H,5-7,11-16H2,1-4H3. The van der Waals surface area contributed by atoms with Crippen molar-refractivity contribution in [3.63, 3.8) is 0 Å². The van der Waals surface area contributed by atoms with E-state index >= 15 is 0 Å². The van der Waals surface area contributed by atoms with Crippen molar-refractivity contribution in [1.82, 2.24) is 5.32 Å². The Morgan fingerprint density at radius 2 is 1.50 bits per heavy atom. The zero-order valence-electron chi connectivity index (χ0n) is 21.5. The van der Waals surface area contributed by atoms with Gasteiger partial charge in [0.1, 0.15) is 13.2 Å². The molecular weight excluding hydrogens is 468 g/mol. The molecule has 10 heteroatoms. The number of esters is 2. The topological polar surface area (TPSA) is 126 Å². The highest BCUT2D eigenvalue weighted by Crippen LogP contribution is 2.40. The van der Waals surface area contributed by atoms with Gasteiger partial charge in [0, 0.05) is 36.7 Å². The fraction of sp³-hybridized carbons (Fsp3) is 0.538. The summed E-state index contributed by atoms with van der Waals surface area (Å²) in [5.74, 6) is -2.17. The average molecular weight is 505 g/mol. The van der Waals surface area contributed by atoms with Gasteiger partial charge in [-0.2, -0.15) is 0 Å². The molecule has 0 aromatic heterocycles.